The Hall–Kier alpha value is -1.84. The van der Waals surface area contributed by atoms with Crippen molar-refractivity contribution >= 4 is 11.8 Å². The summed E-state index contributed by atoms with van der Waals surface area (Å²) in [5.41, 5.74) is -0.474. The lowest BCUT2D eigenvalue weighted by molar-refractivity contribution is -0.173. The van der Waals surface area contributed by atoms with Crippen LogP contribution < -0.4 is 4.74 Å². The number of hydrogen-bond donors (Lipinski definition) is 0. The van der Waals surface area contributed by atoms with Crippen molar-refractivity contribution in [1.29, 1.82) is 0 Å². The van der Waals surface area contributed by atoms with Crippen LogP contribution in [-0.4, -0.2) is 18.9 Å². The molecular weight excluding hydrogens is 220 g/mol. The van der Waals surface area contributed by atoms with Gasteiger partial charge < -0.3 is 9.47 Å². The Balaban J connectivity index is 2.35. The minimum absolute atomic E-state index is 0.0673. The number of carbonyl (C=O) groups is 2. The zero-order chi connectivity index (χ0) is 12.5. The molecule has 0 amide bonds. The summed E-state index contributed by atoms with van der Waals surface area (Å²) in [5, 5.41) is 0. The van der Waals surface area contributed by atoms with E-state index >= 15 is 0 Å². The van der Waals surface area contributed by atoms with E-state index in [-0.39, 0.29) is 24.6 Å². The molecule has 1 fully saturated rings. The maximum atomic E-state index is 11.9. The van der Waals surface area contributed by atoms with Crippen LogP contribution in [0.15, 0.2) is 24.3 Å². The molecule has 0 radical (unpaired) electrons. The molecule has 0 saturated carbocycles. The largest absolute Gasteiger partial charge is 0.497 e. The molecule has 0 bridgehead atoms. The van der Waals surface area contributed by atoms with Gasteiger partial charge in [0.2, 0.25) is 0 Å². The normalized spacial score (nSPS) is 24.4. The number of rotatable bonds is 2. The number of ether oxygens (including phenoxy) is 2. The van der Waals surface area contributed by atoms with Crippen molar-refractivity contribution in [1.82, 2.24) is 0 Å². The summed E-state index contributed by atoms with van der Waals surface area (Å²) in [4.78, 5) is 23.2. The van der Waals surface area contributed by atoms with Crippen molar-refractivity contribution in [3.8, 4) is 5.75 Å². The van der Waals surface area contributed by atoms with Gasteiger partial charge in [-0.2, -0.15) is 0 Å². The number of hydrogen-bond acceptors (Lipinski definition) is 4. The fourth-order valence-electron chi connectivity index (χ4n) is 1.92. The minimum Gasteiger partial charge on any atom is -0.497 e. The smallest absolute Gasteiger partial charge is 0.307 e. The quantitative estimate of drug-likeness (QED) is 0.732. The topological polar surface area (TPSA) is 52.6 Å². The molecule has 1 aromatic rings. The van der Waals surface area contributed by atoms with E-state index in [0.29, 0.717) is 11.3 Å². The van der Waals surface area contributed by atoms with Crippen LogP contribution in [0.1, 0.15) is 25.3 Å². The highest BCUT2D eigenvalue weighted by molar-refractivity contribution is 5.95. The van der Waals surface area contributed by atoms with Gasteiger partial charge in [-0.3, -0.25) is 9.59 Å². The van der Waals surface area contributed by atoms with Gasteiger partial charge in [-0.05, 0) is 19.1 Å². The number of cyclic esters (lactones) is 1. The fourth-order valence-corrected chi connectivity index (χ4v) is 1.92. The fraction of sp³-hybridized carbons (Fsp3) is 0.385. The predicted octanol–water partition coefficient (Wildman–Crippen LogP) is 1.82. The van der Waals surface area contributed by atoms with Gasteiger partial charge in [-0.1, -0.05) is 12.1 Å². The highest BCUT2D eigenvalue weighted by Crippen LogP contribution is 2.33. The van der Waals surface area contributed by atoms with Gasteiger partial charge in [-0.15, -0.1) is 0 Å². The van der Waals surface area contributed by atoms with E-state index in [4.69, 9.17) is 9.47 Å². The highest BCUT2D eigenvalue weighted by Gasteiger charge is 2.42. The van der Waals surface area contributed by atoms with Gasteiger partial charge in [-0.25, -0.2) is 0 Å². The first-order chi connectivity index (χ1) is 8.06. The van der Waals surface area contributed by atoms with Crippen LogP contribution >= 0.6 is 0 Å². The summed E-state index contributed by atoms with van der Waals surface area (Å²) < 4.78 is 10.3. The molecule has 0 spiro atoms. The average Bonchev–Trinajstić information content (AvgIpc) is 2.34. The maximum absolute atomic E-state index is 11.9. The first-order valence-corrected chi connectivity index (χ1v) is 5.46. The van der Waals surface area contributed by atoms with E-state index < -0.39 is 5.60 Å². The van der Waals surface area contributed by atoms with E-state index in [1.165, 1.54) is 0 Å². The van der Waals surface area contributed by atoms with Gasteiger partial charge in [0.1, 0.15) is 5.75 Å². The Morgan fingerprint density at radius 3 is 2.41 bits per heavy atom. The molecule has 0 aliphatic carbocycles. The summed E-state index contributed by atoms with van der Waals surface area (Å²) in [6.07, 6.45) is 0.409. The zero-order valence-corrected chi connectivity index (χ0v) is 9.86. The first kappa shape index (κ1) is 11.6. The number of esters is 1. The van der Waals surface area contributed by atoms with Gasteiger partial charge in [0.15, 0.2) is 11.4 Å². The molecule has 1 aliphatic heterocycles. The maximum Gasteiger partial charge on any atom is 0.307 e. The summed E-state index contributed by atoms with van der Waals surface area (Å²) in [7, 11) is 1.57. The van der Waals surface area contributed by atoms with Gasteiger partial charge >= 0.3 is 5.97 Å². The summed E-state index contributed by atoms with van der Waals surface area (Å²) >= 11 is 0. The van der Waals surface area contributed by atoms with Crippen LogP contribution in [0, 0.1) is 0 Å². The number of Topliss-reactive ketones (excluding diaryl/α,β-unsaturated/α-hetero) is 1. The van der Waals surface area contributed by atoms with Crippen LogP contribution in [0.5, 0.6) is 5.75 Å². The number of ketones is 1. The molecule has 1 aliphatic rings. The third-order valence-corrected chi connectivity index (χ3v) is 3.05. The van der Waals surface area contributed by atoms with Gasteiger partial charge in [0.05, 0.1) is 13.5 Å². The Bertz CT molecular complexity index is 449. The number of benzene rings is 1. The Morgan fingerprint density at radius 1 is 1.18 bits per heavy atom. The predicted molar refractivity (Wildman–Crippen MR) is 60.7 cm³/mol. The molecule has 1 saturated heterocycles. The number of carbonyl (C=O) groups excluding carboxylic acids is 2. The van der Waals surface area contributed by atoms with Crippen LogP contribution in [-0.2, 0) is 19.9 Å². The van der Waals surface area contributed by atoms with Crippen LogP contribution in [0.25, 0.3) is 0 Å². The van der Waals surface area contributed by atoms with Crippen LogP contribution in [0.3, 0.4) is 0 Å². The second kappa shape index (κ2) is 4.20. The number of methoxy groups -OCH3 is 1. The lowest BCUT2D eigenvalue weighted by atomic mass is 9.87. The molecular formula is C13H14O4. The van der Waals surface area contributed by atoms with E-state index in [1.807, 2.05) is 0 Å². The van der Waals surface area contributed by atoms with Crippen molar-refractivity contribution < 1.29 is 19.1 Å². The lowest BCUT2D eigenvalue weighted by Crippen LogP contribution is -2.41. The Morgan fingerprint density at radius 2 is 1.82 bits per heavy atom. The molecule has 0 aromatic heterocycles. The minimum atomic E-state index is -1.15. The standard InChI is InChI=1S/C13H14O4/c1-13(11(14)7-8-12(15)17-13)9-3-5-10(16-2)6-4-9/h3-6H,7-8H2,1-2H3. The highest BCUT2D eigenvalue weighted by atomic mass is 16.6. The summed E-state index contributed by atoms with van der Waals surface area (Å²) in [5.74, 6) is 0.303. The first-order valence-electron chi connectivity index (χ1n) is 5.46. The van der Waals surface area contributed by atoms with Crippen molar-refractivity contribution in [2.24, 2.45) is 0 Å². The van der Waals surface area contributed by atoms with Crippen molar-refractivity contribution in [3.05, 3.63) is 29.8 Å². The monoisotopic (exact) mass is 234 g/mol. The molecule has 0 N–H and O–H groups in total. The molecule has 1 heterocycles. The van der Waals surface area contributed by atoms with E-state index in [0.717, 1.165) is 0 Å². The second-order valence-electron chi connectivity index (χ2n) is 4.16. The molecule has 2 rings (SSSR count). The average molecular weight is 234 g/mol. The SMILES string of the molecule is COc1ccc(C2(C)OC(=O)CCC2=O)cc1. The van der Waals surface area contributed by atoms with Gasteiger partial charge in [0.25, 0.3) is 0 Å². The van der Waals surface area contributed by atoms with E-state index in [2.05, 4.69) is 0 Å². The lowest BCUT2D eigenvalue weighted by Gasteiger charge is -2.32. The second-order valence-corrected chi connectivity index (χ2v) is 4.16. The van der Waals surface area contributed by atoms with E-state index in [1.54, 1.807) is 38.3 Å². The third-order valence-electron chi connectivity index (χ3n) is 3.05. The van der Waals surface area contributed by atoms with Crippen molar-refractivity contribution in [3.63, 3.8) is 0 Å². The van der Waals surface area contributed by atoms with Crippen LogP contribution in [0.4, 0.5) is 0 Å². The summed E-state index contributed by atoms with van der Waals surface area (Å²) in [6.45, 7) is 1.63. The molecule has 1 unspecified atom stereocenters. The third kappa shape index (κ3) is 2.02. The Kier molecular flexibility index (Phi) is 2.88. The Labute approximate surface area is 99.5 Å². The molecule has 1 aromatic carbocycles. The van der Waals surface area contributed by atoms with Gasteiger partial charge in [0, 0.05) is 12.0 Å². The molecule has 90 valence electrons. The van der Waals surface area contributed by atoms with Crippen molar-refractivity contribution in [2.45, 2.75) is 25.4 Å². The van der Waals surface area contributed by atoms with E-state index in [9.17, 15) is 9.59 Å². The molecule has 4 nitrogen and oxygen atoms in total. The molecule has 17 heavy (non-hydrogen) atoms. The molecule has 1 atom stereocenters. The zero-order valence-electron chi connectivity index (χ0n) is 9.86. The molecule has 4 heteroatoms. The van der Waals surface area contributed by atoms with Crippen LogP contribution in [0.2, 0.25) is 0 Å². The van der Waals surface area contributed by atoms with Crippen molar-refractivity contribution in [2.75, 3.05) is 7.11 Å². The summed E-state index contributed by atoms with van der Waals surface area (Å²) in [6, 6.07) is 6.98.